The van der Waals surface area contributed by atoms with Crippen molar-refractivity contribution in [2.24, 2.45) is 0 Å². The number of aromatic nitrogens is 2. The van der Waals surface area contributed by atoms with Gasteiger partial charge in [0, 0.05) is 16.1 Å². The summed E-state index contributed by atoms with van der Waals surface area (Å²) in [5, 5.41) is 4.21. The van der Waals surface area contributed by atoms with E-state index in [-0.39, 0.29) is 0 Å². The van der Waals surface area contributed by atoms with Crippen LogP contribution in [0, 0.1) is 0 Å². The molecule has 1 aromatic carbocycles. The summed E-state index contributed by atoms with van der Waals surface area (Å²) in [5.41, 5.74) is 9.03. The topological polar surface area (TPSA) is 73.1 Å². The Hall–Kier alpha value is -2.34. The number of anilines is 3. The Balaban J connectivity index is 2.15. The highest BCUT2D eigenvalue weighted by molar-refractivity contribution is 9.10. The molecule has 2 heterocycles. The number of nitrogen functional groups attached to an aromatic ring is 1. The third kappa shape index (κ3) is 2.62. The van der Waals surface area contributed by atoms with E-state index in [9.17, 15) is 0 Å². The van der Waals surface area contributed by atoms with Crippen molar-refractivity contribution in [2.75, 3.05) is 18.2 Å². The van der Waals surface area contributed by atoms with E-state index in [1.165, 1.54) is 0 Å². The average Bonchev–Trinajstić information content (AvgIpc) is 2.50. The molecule has 3 aromatic rings. The number of methoxy groups -OCH3 is 1. The van der Waals surface area contributed by atoms with Gasteiger partial charge in [-0.3, -0.25) is 4.98 Å². The quantitative estimate of drug-likeness (QED) is 0.757. The summed E-state index contributed by atoms with van der Waals surface area (Å²) in [7, 11) is 1.58. The Morgan fingerprint density at radius 2 is 2.10 bits per heavy atom. The third-order valence-electron chi connectivity index (χ3n) is 3.08. The number of fused-ring (bicyclic) bond motifs is 1. The molecular weight excluding hydrogens is 332 g/mol. The van der Waals surface area contributed by atoms with E-state index < -0.39 is 0 Å². The number of halogens is 1. The molecule has 0 aliphatic carbocycles. The molecule has 21 heavy (non-hydrogen) atoms. The molecule has 106 valence electrons. The van der Waals surface area contributed by atoms with Gasteiger partial charge in [0.25, 0.3) is 0 Å². The molecule has 5 nitrogen and oxygen atoms in total. The molecule has 0 amide bonds. The first kappa shape index (κ1) is 13.6. The molecule has 0 aliphatic heterocycles. The number of rotatable bonds is 3. The van der Waals surface area contributed by atoms with Crippen molar-refractivity contribution < 1.29 is 4.74 Å². The third-order valence-corrected chi connectivity index (χ3v) is 3.58. The molecule has 0 radical (unpaired) electrons. The second-order valence-electron chi connectivity index (χ2n) is 4.44. The van der Waals surface area contributed by atoms with Gasteiger partial charge >= 0.3 is 0 Å². The summed E-state index contributed by atoms with van der Waals surface area (Å²) in [6.45, 7) is 0. The molecule has 0 unspecified atom stereocenters. The van der Waals surface area contributed by atoms with Crippen molar-refractivity contribution in [2.45, 2.75) is 0 Å². The second kappa shape index (κ2) is 5.57. The van der Waals surface area contributed by atoms with Crippen LogP contribution in [-0.4, -0.2) is 17.1 Å². The van der Waals surface area contributed by atoms with Gasteiger partial charge in [0.05, 0.1) is 30.2 Å². The van der Waals surface area contributed by atoms with Gasteiger partial charge in [-0.25, -0.2) is 4.98 Å². The van der Waals surface area contributed by atoms with Crippen LogP contribution in [0.5, 0.6) is 5.88 Å². The number of nitrogens with one attached hydrogen (secondary N) is 1. The fourth-order valence-corrected chi connectivity index (χ4v) is 2.46. The van der Waals surface area contributed by atoms with E-state index in [2.05, 4.69) is 31.2 Å². The Kier molecular flexibility index (Phi) is 3.62. The zero-order chi connectivity index (χ0) is 14.8. The largest absolute Gasteiger partial charge is 0.480 e. The molecular formula is C15H13BrN4O. The van der Waals surface area contributed by atoms with Gasteiger partial charge in [0.2, 0.25) is 5.88 Å². The van der Waals surface area contributed by atoms with Crippen LogP contribution in [0.2, 0.25) is 0 Å². The highest BCUT2D eigenvalue weighted by Crippen LogP contribution is 2.34. The summed E-state index contributed by atoms with van der Waals surface area (Å²) < 4.78 is 6.22. The molecule has 0 saturated heterocycles. The lowest BCUT2D eigenvalue weighted by molar-refractivity contribution is 0.400. The van der Waals surface area contributed by atoms with Crippen molar-refractivity contribution in [3.8, 4) is 5.88 Å². The maximum atomic E-state index is 6.07. The Bertz CT molecular complexity index is 802. The lowest BCUT2D eigenvalue weighted by Gasteiger charge is -2.14. The van der Waals surface area contributed by atoms with Gasteiger partial charge < -0.3 is 15.8 Å². The number of ether oxygens (including phenoxy) is 1. The minimum Gasteiger partial charge on any atom is -0.480 e. The fraction of sp³-hybridized carbons (Fsp3) is 0.0667. The molecule has 0 fully saturated rings. The normalized spacial score (nSPS) is 10.6. The standard InChI is InChI=1S/C15H13BrN4O/c1-21-15-13(3-2-6-18-15)20-14-10-7-9(16)4-5-12(10)19-8-11(14)17/h2-8H,17H2,1H3,(H,19,20). The second-order valence-corrected chi connectivity index (χ2v) is 5.35. The highest BCUT2D eigenvalue weighted by Gasteiger charge is 2.10. The number of hydrogen-bond acceptors (Lipinski definition) is 5. The summed E-state index contributed by atoms with van der Waals surface area (Å²) in [5.74, 6) is 0.511. The number of benzene rings is 1. The molecule has 0 bridgehead atoms. The van der Waals surface area contributed by atoms with Crippen molar-refractivity contribution in [3.05, 3.63) is 47.2 Å². The molecule has 0 aliphatic rings. The molecule has 2 aromatic heterocycles. The molecule has 3 rings (SSSR count). The Morgan fingerprint density at radius 1 is 1.24 bits per heavy atom. The number of nitrogens with zero attached hydrogens (tertiary/aromatic N) is 2. The van der Waals surface area contributed by atoms with E-state index in [0.29, 0.717) is 11.6 Å². The molecule has 0 atom stereocenters. The first-order chi connectivity index (χ1) is 10.2. The van der Waals surface area contributed by atoms with Gasteiger partial charge in [-0.05, 0) is 30.3 Å². The smallest absolute Gasteiger partial charge is 0.237 e. The zero-order valence-corrected chi connectivity index (χ0v) is 12.9. The van der Waals surface area contributed by atoms with Gasteiger partial charge in [-0.1, -0.05) is 15.9 Å². The lowest BCUT2D eigenvalue weighted by atomic mass is 10.1. The predicted octanol–water partition coefficient (Wildman–Crippen LogP) is 3.73. The summed E-state index contributed by atoms with van der Waals surface area (Å²) in [6.07, 6.45) is 3.32. The fourth-order valence-electron chi connectivity index (χ4n) is 2.10. The van der Waals surface area contributed by atoms with Crippen molar-refractivity contribution in [3.63, 3.8) is 0 Å². The van der Waals surface area contributed by atoms with Crippen LogP contribution in [-0.2, 0) is 0 Å². The van der Waals surface area contributed by atoms with Crippen molar-refractivity contribution in [1.82, 2.24) is 9.97 Å². The maximum absolute atomic E-state index is 6.07. The molecule has 0 spiro atoms. The SMILES string of the molecule is COc1ncccc1Nc1c(N)cnc2ccc(Br)cc12. The van der Waals surface area contributed by atoms with Crippen molar-refractivity contribution >= 4 is 43.9 Å². The zero-order valence-electron chi connectivity index (χ0n) is 11.3. The van der Waals surface area contributed by atoms with Crippen LogP contribution in [0.1, 0.15) is 0 Å². The van der Waals surface area contributed by atoms with E-state index in [4.69, 9.17) is 10.5 Å². The summed E-state index contributed by atoms with van der Waals surface area (Å²) in [4.78, 5) is 8.50. The van der Waals surface area contributed by atoms with E-state index >= 15 is 0 Å². The van der Waals surface area contributed by atoms with Crippen LogP contribution in [0.15, 0.2) is 47.2 Å². The molecule has 0 saturated carbocycles. The van der Waals surface area contributed by atoms with E-state index in [0.717, 1.165) is 26.8 Å². The maximum Gasteiger partial charge on any atom is 0.237 e. The van der Waals surface area contributed by atoms with Crippen LogP contribution < -0.4 is 15.8 Å². The number of pyridine rings is 2. The monoisotopic (exact) mass is 344 g/mol. The minimum absolute atomic E-state index is 0.511. The van der Waals surface area contributed by atoms with Crippen LogP contribution in [0.25, 0.3) is 10.9 Å². The first-order valence-corrected chi connectivity index (χ1v) is 7.08. The van der Waals surface area contributed by atoms with Crippen LogP contribution >= 0.6 is 15.9 Å². The van der Waals surface area contributed by atoms with Crippen molar-refractivity contribution in [1.29, 1.82) is 0 Å². The van der Waals surface area contributed by atoms with Gasteiger partial charge in [-0.15, -0.1) is 0 Å². The number of nitrogens with two attached hydrogens (primary N) is 1. The lowest BCUT2D eigenvalue weighted by Crippen LogP contribution is -2.01. The highest BCUT2D eigenvalue weighted by atomic mass is 79.9. The minimum atomic E-state index is 0.511. The van der Waals surface area contributed by atoms with Gasteiger partial charge in [-0.2, -0.15) is 0 Å². The Labute approximate surface area is 130 Å². The molecule has 3 N–H and O–H groups in total. The van der Waals surface area contributed by atoms with Crippen LogP contribution in [0.3, 0.4) is 0 Å². The first-order valence-electron chi connectivity index (χ1n) is 6.29. The molecule has 6 heteroatoms. The number of hydrogen-bond donors (Lipinski definition) is 2. The van der Waals surface area contributed by atoms with E-state index in [1.54, 1.807) is 19.5 Å². The predicted molar refractivity (Wildman–Crippen MR) is 87.9 cm³/mol. The average molecular weight is 345 g/mol. The van der Waals surface area contributed by atoms with Crippen LogP contribution in [0.4, 0.5) is 17.1 Å². The summed E-state index contributed by atoms with van der Waals surface area (Å²) >= 11 is 3.47. The van der Waals surface area contributed by atoms with Gasteiger partial charge in [0.15, 0.2) is 0 Å². The van der Waals surface area contributed by atoms with Gasteiger partial charge in [0.1, 0.15) is 5.69 Å². The Morgan fingerprint density at radius 3 is 2.90 bits per heavy atom. The summed E-state index contributed by atoms with van der Waals surface area (Å²) in [6, 6.07) is 9.57. The van der Waals surface area contributed by atoms with E-state index in [1.807, 2.05) is 30.3 Å².